The van der Waals surface area contributed by atoms with Crippen LogP contribution >= 0.6 is 11.3 Å². The molecule has 11 nitrogen and oxygen atoms in total. The molecule has 3 heterocycles. The number of carbonyl (C=O) groups is 3. The second kappa shape index (κ2) is 13.6. The summed E-state index contributed by atoms with van der Waals surface area (Å²) in [5, 5.41) is 11.8. The van der Waals surface area contributed by atoms with Gasteiger partial charge in [0.25, 0.3) is 5.78 Å². The highest BCUT2D eigenvalue weighted by molar-refractivity contribution is 7.17. The first-order valence-corrected chi connectivity index (χ1v) is 15.7. The van der Waals surface area contributed by atoms with Gasteiger partial charge in [0.2, 0.25) is 0 Å². The van der Waals surface area contributed by atoms with Gasteiger partial charge in [-0.05, 0) is 69.0 Å². The van der Waals surface area contributed by atoms with E-state index < -0.39 is 29.5 Å². The Labute approximate surface area is 265 Å². The quantitative estimate of drug-likeness (QED) is 0.118. The van der Waals surface area contributed by atoms with Crippen molar-refractivity contribution < 1.29 is 43.2 Å². The van der Waals surface area contributed by atoms with Gasteiger partial charge in [-0.15, -0.1) is 0 Å². The number of aryl methyl sites for hydroxylation is 1. The van der Waals surface area contributed by atoms with Crippen LogP contribution in [-0.4, -0.2) is 60.8 Å². The van der Waals surface area contributed by atoms with E-state index in [1.165, 1.54) is 4.90 Å². The lowest BCUT2D eigenvalue weighted by Crippen LogP contribution is -2.29. The average molecular weight is 637 g/mol. The highest BCUT2D eigenvalue weighted by Crippen LogP contribution is 2.46. The molecular formula is C33H36N2O9S. The van der Waals surface area contributed by atoms with Crippen molar-refractivity contribution in [2.24, 2.45) is 5.92 Å². The van der Waals surface area contributed by atoms with E-state index in [0.29, 0.717) is 66.6 Å². The van der Waals surface area contributed by atoms with Crippen LogP contribution in [0, 0.1) is 12.8 Å². The van der Waals surface area contributed by atoms with Gasteiger partial charge in [-0.1, -0.05) is 31.3 Å². The van der Waals surface area contributed by atoms with Crippen molar-refractivity contribution in [2.45, 2.75) is 47.1 Å². The summed E-state index contributed by atoms with van der Waals surface area (Å²) in [6, 6.07) is 8.84. The molecule has 0 spiro atoms. The molecule has 1 saturated heterocycles. The van der Waals surface area contributed by atoms with Crippen LogP contribution in [0.3, 0.4) is 0 Å². The Morgan fingerprint density at radius 1 is 1.04 bits per heavy atom. The number of esters is 1. The highest BCUT2D eigenvalue weighted by Gasteiger charge is 2.49. The number of carbonyl (C=O) groups excluding carboxylic acids is 3. The number of hydrogen-bond acceptors (Lipinski definition) is 11. The van der Waals surface area contributed by atoms with Crippen molar-refractivity contribution in [1.29, 1.82) is 0 Å². The Hall–Kier alpha value is -4.58. The van der Waals surface area contributed by atoms with Crippen LogP contribution in [0.5, 0.6) is 23.0 Å². The molecule has 0 saturated carbocycles. The van der Waals surface area contributed by atoms with Crippen LogP contribution < -0.4 is 23.8 Å². The van der Waals surface area contributed by atoms with E-state index in [4.69, 9.17) is 23.7 Å². The number of ether oxygens (including phenoxy) is 5. The number of aromatic nitrogens is 1. The first kappa shape index (κ1) is 31.8. The van der Waals surface area contributed by atoms with Crippen LogP contribution in [0.15, 0.2) is 42.0 Å². The molecule has 0 aliphatic carbocycles. The molecule has 238 valence electrons. The van der Waals surface area contributed by atoms with Gasteiger partial charge in [0.05, 0.1) is 37.1 Å². The maximum absolute atomic E-state index is 13.8. The number of anilines is 1. The molecule has 5 rings (SSSR count). The molecule has 0 bridgehead atoms. The number of aliphatic hydroxyl groups is 1. The fourth-order valence-corrected chi connectivity index (χ4v) is 6.04. The van der Waals surface area contributed by atoms with Crippen LogP contribution in [0.2, 0.25) is 0 Å². The SMILES string of the molecule is CCOC(=O)c1sc(N2C(=O)C(=O)C(=C(O)c3ccc4c(c3)OCCO4)C2c2ccc(OCCC(C)C)c(OCC)c2)nc1C. The minimum Gasteiger partial charge on any atom is -0.507 e. The van der Waals surface area contributed by atoms with Gasteiger partial charge in [0.15, 0.2) is 28.1 Å². The Morgan fingerprint density at radius 2 is 1.80 bits per heavy atom. The summed E-state index contributed by atoms with van der Waals surface area (Å²) in [5.74, 6) is -0.489. The molecule has 1 fully saturated rings. The van der Waals surface area contributed by atoms with E-state index >= 15 is 0 Å². The molecular weight excluding hydrogens is 600 g/mol. The van der Waals surface area contributed by atoms with Crippen molar-refractivity contribution >= 4 is 39.9 Å². The second-order valence-electron chi connectivity index (χ2n) is 10.8. The third-order valence-electron chi connectivity index (χ3n) is 7.25. The van der Waals surface area contributed by atoms with Crippen LogP contribution in [-0.2, 0) is 14.3 Å². The van der Waals surface area contributed by atoms with Gasteiger partial charge in [0.1, 0.15) is 23.9 Å². The summed E-state index contributed by atoms with van der Waals surface area (Å²) in [4.78, 5) is 46.0. The topological polar surface area (TPSA) is 134 Å². The number of amides is 1. The van der Waals surface area contributed by atoms with Gasteiger partial charge in [-0.3, -0.25) is 14.5 Å². The lowest BCUT2D eigenvalue weighted by molar-refractivity contribution is -0.132. The molecule has 1 unspecified atom stereocenters. The predicted molar refractivity (Wildman–Crippen MR) is 168 cm³/mol. The Bertz CT molecular complexity index is 1640. The number of hydrogen-bond donors (Lipinski definition) is 1. The molecule has 1 atom stereocenters. The largest absolute Gasteiger partial charge is 0.507 e. The van der Waals surface area contributed by atoms with Crippen molar-refractivity contribution in [1.82, 2.24) is 4.98 Å². The maximum atomic E-state index is 13.8. The Morgan fingerprint density at radius 3 is 2.51 bits per heavy atom. The lowest BCUT2D eigenvalue weighted by atomic mass is 9.95. The number of fused-ring (bicyclic) bond motifs is 1. The lowest BCUT2D eigenvalue weighted by Gasteiger charge is -2.24. The first-order chi connectivity index (χ1) is 21.6. The molecule has 12 heteroatoms. The zero-order chi connectivity index (χ0) is 32.2. The zero-order valence-corrected chi connectivity index (χ0v) is 26.7. The second-order valence-corrected chi connectivity index (χ2v) is 11.8. The zero-order valence-electron chi connectivity index (χ0n) is 25.9. The van der Waals surface area contributed by atoms with E-state index in [-0.39, 0.29) is 27.8 Å². The molecule has 0 radical (unpaired) electrons. The summed E-state index contributed by atoms with van der Waals surface area (Å²) >= 11 is 0.939. The van der Waals surface area contributed by atoms with Crippen LogP contribution in [0.25, 0.3) is 5.76 Å². The van der Waals surface area contributed by atoms with Gasteiger partial charge in [-0.25, -0.2) is 9.78 Å². The molecule has 45 heavy (non-hydrogen) atoms. The number of ketones is 1. The number of rotatable bonds is 11. The molecule has 3 aromatic rings. The minimum absolute atomic E-state index is 0.110. The van der Waals surface area contributed by atoms with Crippen molar-refractivity contribution in [3.8, 4) is 23.0 Å². The van der Waals surface area contributed by atoms with Gasteiger partial charge in [-0.2, -0.15) is 0 Å². The number of nitrogens with zero attached hydrogens (tertiary/aromatic N) is 2. The third-order valence-corrected chi connectivity index (χ3v) is 8.39. The Balaban J connectivity index is 1.66. The normalized spacial score (nSPS) is 17.1. The number of thiazole rings is 1. The summed E-state index contributed by atoms with van der Waals surface area (Å²) in [6.07, 6.45) is 0.842. The Kier molecular flexibility index (Phi) is 9.62. The predicted octanol–water partition coefficient (Wildman–Crippen LogP) is 5.85. The molecule has 1 N–H and O–H groups in total. The van der Waals surface area contributed by atoms with E-state index in [2.05, 4.69) is 18.8 Å². The first-order valence-electron chi connectivity index (χ1n) is 14.9. The number of aliphatic hydroxyl groups excluding tert-OH is 1. The fraction of sp³-hybridized carbons (Fsp3) is 0.394. The highest BCUT2D eigenvalue weighted by atomic mass is 32.1. The summed E-state index contributed by atoms with van der Waals surface area (Å²) < 4.78 is 28.4. The van der Waals surface area contributed by atoms with Gasteiger partial charge in [0, 0.05) is 5.56 Å². The summed E-state index contributed by atoms with van der Waals surface area (Å²) in [7, 11) is 0. The third kappa shape index (κ3) is 6.46. The number of Topliss-reactive ketones (excluding diaryl/α,β-unsaturated/α-hetero) is 1. The fourth-order valence-electron chi connectivity index (χ4n) is 5.05. The van der Waals surface area contributed by atoms with E-state index in [1.54, 1.807) is 50.2 Å². The van der Waals surface area contributed by atoms with E-state index in [0.717, 1.165) is 17.8 Å². The molecule has 2 aromatic carbocycles. The molecule has 2 aliphatic heterocycles. The molecule has 1 amide bonds. The van der Waals surface area contributed by atoms with Gasteiger partial charge >= 0.3 is 11.9 Å². The van der Waals surface area contributed by atoms with Crippen LogP contribution in [0.4, 0.5) is 5.13 Å². The van der Waals surface area contributed by atoms with E-state index in [9.17, 15) is 19.5 Å². The smallest absolute Gasteiger partial charge is 0.350 e. The maximum Gasteiger partial charge on any atom is 0.350 e. The summed E-state index contributed by atoms with van der Waals surface area (Å²) in [5.41, 5.74) is 0.935. The van der Waals surface area contributed by atoms with E-state index in [1.807, 2.05) is 6.92 Å². The van der Waals surface area contributed by atoms with Gasteiger partial charge < -0.3 is 28.8 Å². The number of benzene rings is 2. The minimum atomic E-state index is -1.11. The standard InChI is InChI=1S/C33H36N2O9S/c1-6-40-24-16-20(8-10-22(24)42-13-12-18(3)4)27-26(28(36)21-9-11-23-25(17-21)44-15-14-43-23)29(37)31(38)35(27)33-34-19(5)30(45-33)32(39)41-7-2/h8-11,16-18,27,36H,6-7,12-15H2,1-5H3. The molecule has 1 aromatic heterocycles. The summed E-state index contributed by atoms with van der Waals surface area (Å²) in [6.45, 7) is 11.1. The van der Waals surface area contributed by atoms with Crippen molar-refractivity contribution in [2.75, 3.05) is 37.9 Å². The van der Waals surface area contributed by atoms with Crippen molar-refractivity contribution in [3.63, 3.8) is 0 Å². The van der Waals surface area contributed by atoms with Crippen molar-refractivity contribution in [3.05, 3.63) is 63.7 Å². The molecule has 2 aliphatic rings. The monoisotopic (exact) mass is 636 g/mol. The average Bonchev–Trinajstić information content (AvgIpc) is 3.53. The van der Waals surface area contributed by atoms with Crippen LogP contribution in [0.1, 0.15) is 66.7 Å².